The molecule has 4 aliphatic rings. The first kappa shape index (κ1) is 21.7. The largest absolute Gasteiger partial charge is 0.434 e. The molecule has 2 atom stereocenters. The van der Waals surface area contributed by atoms with E-state index in [9.17, 15) is 27.2 Å². The van der Waals surface area contributed by atoms with Crippen molar-refractivity contribution in [3.8, 4) is 0 Å². The molecule has 174 valence electrons. The standard InChI is InChI=1S/C22H21F4N5O2/c23-14-1-2-15(27-8-14)18(32)30-20-4-12-3-13(5-20)7-21(6-12,11-20)31-19(33)16-9-29-17(10-28-16)22(24,25)26/h1-2,8-10,12-13H,3-7,11H2,(H,30,32)(H,31,33). The fourth-order valence-electron chi connectivity index (χ4n) is 6.27. The van der Waals surface area contributed by atoms with E-state index in [1.54, 1.807) is 0 Å². The summed E-state index contributed by atoms with van der Waals surface area (Å²) in [5, 5.41) is 6.10. The van der Waals surface area contributed by atoms with Crippen LogP contribution >= 0.6 is 0 Å². The third kappa shape index (κ3) is 4.16. The zero-order chi connectivity index (χ0) is 23.4. The maximum absolute atomic E-state index is 13.2. The molecule has 2 N–H and O–H groups in total. The van der Waals surface area contributed by atoms with Gasteiger partial charge in [0.1, 0.15) is 17.2 Å². The van der Waals surface area contributed by atoms with Crippen LogP contribution in [0.2, 0.25) is 0 Å². The maximum Gasteiger partial charge on any atom is 0.434 e. The van der Waals surface area contributed by atoms with Crippen molar-refractivity contribution in [1.29, 1.82) is 0 Å². The molecule has 2 heterocycles. The van der Waals surface area contributed by atoms with Gasteiger partial charge in [0.15, 0.2) is 5.69 Å². The van der Waals surface area contributed by atoms with E-state index in [1.807, 2.05) is 0 Å². The topological polar surface area (TPSA) is 96.9 Å². The van der Waals surface area contributed by atoms with Gasteiger partial charge in [-0.2, -0.15) is 13.2 Å². The molecular weight excluding hydrogens is 442 g/mol. The average Bonchev–Trinajstić information content (AvgIpc) is 2.72. The highest BCUT2D eigenvalue weighted by atomic mass is 19.4. The number of alkyl halides is 3. The number of aromatic nitrogens is 3. The van der Waals surface area contributed by atoms with Gasteiger partial charge < -0.3 is 10.6 Å². The zero-order valence-electron chi connectivity index (χ0n) is 17.5. The number of pyridine rings is 1. The van der Waals surface area contributed by atoms with Crippen LogP contribution in [0.25, 0.3) is 0 Å². The molecule has 0 radical (unpaired) electrons. The quantitative estimate of drug-likeness (QED) is 0.679. The van der Waals surface area contributed by atoms with Gasteiger partial charge in [-0.3, -0.25) is 9.59 Å². The van der Waals surface area contributed by atoms with E-state index in [4.69, 9.17) is 0 Å². The van der Waals surface area contributed by atoms with Crippen LogP contribution in [-0.4, -0.2) is 37.8 Å². The Labute approximate surface area is 186 Å². The van der Waals surface area contributed by atoms with Gasteiger partial charge in [-0.15, -0.1) is 0 Å². The lowest BCUT2D eigenvalue weighted by atomic mass is 9.49. The molecule has 0 spiro atoms. The molecule has 2 aromatic rings. The fraction of sp³-hybridized carbons (Fsp3) is 0.500. The Morgan fingerprint density at radius 1 is 0.848 bits per heavy atom. The molecule has 2 unspecified atom stereocenters. The summed E-state index contributed by atoms with van der Waals surface area (Å²) in [6, 6.07) is 2.50. The van der Waals surface area contributed by atoms with Crippen molar-refractivity contribution in [3.63, 3.8) is 0 Å². The minimum absolute atomic E-state index is 0.116. The molecule has 6 rings (SSSR count). The Hall–Kier alpha value is -3.11. The number of halogens is 4. The number of nitrogens with one attached hydrogen (secondary N) is 2. The molecular formula is C22H21F4N5O2. The molecule has 4 aliphatic carbocycles. The summed E-state index contributed by atoms with van der Waals surface area (Å²) in [5.74, 6) is -0.917. The van der Waals surface area contributed by atoms with Gasteiger partial charge in [0, 0.05) is 11.1 Å². The zero-order valence-corrected chi connectivity index (χ0v) is 17.5. The van der Waals surface area contributed by atoms with Crippen LogP contribution in [-0.2, 0) is 6.18 Å². The second-order valence-corrected chi connectivity index (χ2v) is 9.58. The van der Waals surface area contributed by atoms with E-state index >= 15 is 0 Å². The predicted molar refractivity (Wildman–Crippen MR) is 106 cm³/mol. The number of nitrogens with zero attached hydrogens (tertiary/aromatic N) is 3. The van der Waals surface area contributed by atoms with E-state index < -0.39 is 40.6 Å². The smallest absolute Gasteiger partial charge is 0.345 e. The Morgan fingerprint density at radius 3 is 1.91 bits per heavy atom. The summed E-state index contributed by atoms with van der Waals surface area (Å²) >= 11 is 0. The van der Waals surface area contributed by atoms with Crippen molar-refractivity contribution in [2.24, 2.45) is 11.8 Å². The molecule has 11 heteroatoms. The average molecular weight is 463 g/mol. The van der Waals surface area contributed by atoms with Gasteiger partial charge in [-0.05, 0) is 62.5 Å². The highest BCUT2D eigenvalue weighted by molar-refractivity contribution is 5.93. The second kappa shape index (κ2) is 7.46. The summed E-state index contributed by atoms with van der Waals surface area (Å²) in [4.78, 5) is 36.5. The summed E-state index contributed by atoms with van der Waals surface area (Å²) in [7, 11) is 0. The van der Waals surface area contributed by atoms with Crippen molar-refractivity contribution in [3.05, 3.63) is 53.6 Å². The van der Waals surface area contributed by atoms with Gasteiger partial charge in [-0.25, -0.2) is 19.3 Å². The summed E-state index contributed by atoms with van der Waals surface area (Å²) in [6.45, 7) is 0. The number of hydrogen-bond donors (Lipinski definition) is 2. The van der Waals surface area contributed by atoms with Crippen LogP contribution in [0.3, 0.4) is 0 Å². The molecule has 0 aliphatic heterocycles. The van der Waals surface area contributed by atoms with E-state index in [-0.39, 0.29) is 11.4 Å². The van der Waals surface area contributed by atoms with Gasteiger partial charge >= 0.3 is 6.18 Å². The molecule has 0 aromatic carbocycles. The van der Waals surface area contributed by atoms with E-state index in [1.165, 1.54) is 12.1 Å². The Kier molecular flexibility index (Phi) is 4.91. The normalized spacial score (nSPS) is 30.2. The molecule has 4 fully saturated rings. The van der Waals surface area contributed by atoms with Gasteiger partial charge in [0.2, 0.25) is 0 Å². The number of hydrogen-bond acceptors (Lipinski definition) is 5. The Balaban J connectivity index is 1.34. The highest BCUT2D eigenvalue weighted by Gasteiger charge is 2.59. The lowest BCUT2D eigenvalue weighted by Gasteiger charge is -2.62. The third-order valence-electron chi connectivity index (χ3n) is 6.95. The molecule has 4 saturated carbocycles. The van der Waals surface area contributed by atoms with E-state index in [2.05, 4.69) is 25.6 Å². The SMILES string of the molecule is O=C(NC12CC3CC(C1)CC(NC(=O)c1cnc(C(F)(F)F)cn1)(C3)C2)c1ccc(F)cn1. The van der Waals surface area contributed by atoms with Gasteiger partial charge in [0.25, 0.3) is 11.8 Å². The van der Waals surface area contributed by atoms with E-state index in [0.717, 1.165) is 44.5 Å². The van der Waals surface area contributed by atoms with Crippen LogP contribution in [0, 0.1) is 17.7 Å². The molecule has 2 amide bonds. The summed E-state index contributed by atoms with van der Waals surface area (Å²) < 4.78 is 51.4. The fourth-order valence-corrected chi connectivity index (χ4v) is 6.27. The van der Waals surface area contributed by atoms with Crippen LogP contribution < -0.4 is 10.6 Å². The third-order valence-corrected chi connectivity index (χ3v) is 6.95. The highest BCUT2D eigenvalue weighted by Crippen LogP contribution is 2.57. The number of rotatable bonds is 4. The Bertz CT molecular complexity index is 1070. The van der Waals surface area contributed by atoms with Gasteiger partial charge in [0.05, 0.1) is 18.6 Å². The summed E-state index contributed by atoms with van der Waals surface area (Å²) in [6.07, 6.45) is 2.24. The van der Waals surface area contributed by atoms with Crippen LogP contribution in [0.1, 0.15) is 65.2 Å². The molecule has 33 heavy (non-hydrogen) atoms. The van der Waals surface area contributed by atoms with Crippen LogP contribution in [0.15, 0.2) is 30.7 Å². The lowest BCUT2D eigenvalue weighted by molar-refractivity contribution is -0.141. The van der Waals surface area contributed by atoms with Crippen molar-refractivity contribution in [2.75, 3.05) is 0 Å². The monoisotopic (exact) mass is 463 g/mol. The minimum Gasteiger partial charge on any atom is -0.345 e. The molecule has 2 aromatic heterocycles. The number of carbonyl (C=O) groups excluding carboxylic acids is 2. The van der Waals surface area contributed by atoms with Crippen molar-refractivity contribution < 1.29 is 27.2 Å². The first-order valence-electron chi connectivity index (χ1n) is 10.7. The maximum atomic E-state index is 13.2. The number of carbonyl (C=O) groups is 2. The first-order valence-corrected chi connectivity index (χ1v) is 10.7. The van der Waals surface area contributed by atoms with Crippen LogP contribution in [0.4, 0.5) is 17.6 Å². The lowest BCUT2D eigenvalue weighted by Crippen LogP contribution is -2.70. The Morgan fingerprint density at radius 2 is 1.42 bits per heavy atom. The molecule has 7 nitrogen and oxygen atoms in total. The summed E-state index contributed by atoms with van der Waals surface area (Å²) in [5.41, 5.74) is -2.35. The number of amides is 2. The van der Waals surface area contributed by atoms with Crippen molar-refractivity contribution >= 4 is 11.8 Å². The molecule has 0 saturated heterocycles. The second-order valence-electron chi connectivity index (χ2n) is 9.58. The van der Waals surface area contributed by atoms with Crippen LogP contribution in [0.5, 0.6) is 0 Å². The first-order chi connectivity index (χ1) is 15.5. The predicted octanol–water partition coefficient (Wildman–Crippen LogP) is 3.28. The van der Waals surface area contributed by atoms with Gasteiger partial charge in [-0.1, -0.05) is 0 Å². The van der Waals surface area contributed by atoms with E-state index in [0.29, 0.717) is 24.5 Å². The molecule has 4 bridgehead atoms. The van der Waals surface area contributed by atoms with Crippen molar-refractivity contribution in [2.45, 2.75) is 55.8 Å². The van der Waals surface area contributed by atoms with Crippen molar-refractivity contribution in [1.82, 2.24) is 25.6 Å². The minimum atomic E-state index is -4.63.